The van der Waals surface area contributed by atoms with Crippen LogP contribution in [0.25, 0.3) is 0 Å². The van der Waals surface area contributed by atoms with Crippen LogP contribution in [0.15, 0.2) is 54.6 Å². The van der Waals surface area contributed by atoms with Gasteiger partial charge in [-0.1, -0.05) is 41.9 Å². The van der Waals surface area contributed by atoms with E-state index in [1.807, 2.05) is 18.2 Å². The number of amides is 3. The molecule has 0 aliphatic carbocycles. The van der Waals surface area contributed by atoms with Crippen molar-refractivity contribution >= 4 is 29.2 Å². The number of benzene rings is 2. The zero-order valence-corrected chi connectivity index (χ0v) is 19.1. The van der Waals surface area contributed by atoms with Gasteiger partial charge in [-0.05, 0) is 62.2 Å². The summed E-state index contributed by atoms with van der Waals surface area (Å²) in [5, 5.41) is 6.67. The average Bonchev–Trinajstić information content (AvgIpc) is 3.34. The van der Waals surface area contributed by atoms with Crippen molar-refractivity contribution < 1.29 is 9.59 Å². The lowest BCUT2D eigenvalue weighted by Gasteiger charge is -2.37. The smallest absolute Gasteiger partial charge is 0.321 e. The standard InChI is InChI=1S/C25H31ClN4O2/c26-22-8-10-23(11-9-22)28-25(32)30-17-20(19-6-2-1-3-7-19)16-21(18-30)24(31)27-12-15-29-13-4-5-14-29/h1-3,6-11,20-21H,4-5,12-18H2,(H,27,31)(H,28,32)/t20-,21+/m0/s1. The summed E-state index contributed by atoms with van der Waals surface area (Å²) in [6, 6.07) is 17.0. The van der Waals surface area contributed by atoms with Gasteiger partial charge >= 0.3 is 6.03 Å². The van der Waals surface area contributed by atoms with Crippen LogP contribution in [0.5, 0.6) is 0 Å². The second-order valence-corrected chi connectivity index (χ2v) is 9.16. The number of halogens is 1. The van der Waals surface area contributed by atoms with Gasteiger partial charge in [0.1, 0.15) is 0 Å². The van der Waals surface area contributed by atoms with Crippen molar-refractivity contribution in [2.75, 3.05) is 44.6 Å². The Bertz CT molecular complexity index is 900. The fraction of sp³-hybridized carbons (Fsp3) is 0.440. The third-order valence-electron chi connectivity index (χ3n) is 6.40. The molecule has 0 spiro atoms. The van der Waals surface area contributed by atoms with Crippen LogP contribution in [0.2, 0.25) is 5.02 Å². The molecule has 2 saturated heterocycles. The van der Waals surface area contributed by atoms with Crippen LogP contribution < -0.4 is 10.6 Å². The Kier molecular flexibility index (Phi) is 7.66. The first-order valence-corrected chi connectivity index (χ1v) is 11.8. The summed E-state index contributed by atoms with van der Waals surface area (Å²) >= 11 is 5.95. The van der Waals surface area contributed by atoms with Crippen molar-refractivity contribution in [1.82, 2.24) is 15.1 Å². The van der Waals surface area contributed by atoms with Crippen LogP contribution in [-0.4, -0.2) is 61.0 Å². The number of urea groups is 1. The van der Waals surface area contributed by atoms with Gasteiger partial charge in [-0.2, -0.15) is 0 Å². The predicted octanol–water partition coefficient (Wildman–Crippen LogP) is 4.19. The van der Waals surface area contributed by atoms with E-state index in [0.29, 0.717) is 30.3 Å². The number of nitrogens with zero attached hydrogens (tertiary/aromatic N) is 2. The van der Waals surface area contributed by atoms with Crippen LogP contribution in [0, 0.1) is 5.92 Å². The van der Waals surface area contributed by atoms with Gasteiger partial charge in [0.05, 0.1) is 5.92 Å². The Morgan fingerprint density at radius 1 is 0.969 bits per heavy atom. The molecule has 170 valence electrons. The maximum Gasteiger partial charge on any atom is 0.321 e. The zero-order valence-electron chi connectivity index (χ0n) is 18.3. The fourth-order valence-corrected chi connectivity index (χ4v) is 4.77. The number of hydrogen-bond acceptors (Lipinski definition) is 3. The van der Waals surface area contributed by atoms with E-state index >= 15 is 0 Å². The third-order valence-corrected chi connectivity index (χ3v) is 6.65. The lowest BCUT2D eigenvalue weighted by atomic mass is 9.84. The molecule has 2 N–H and O–H groups in total. The molecule has 2 aromatic carbocycles. The molecule has 6 nitrogen and oxygen atoms in total. The Hall–Kier alpha value is -2.57. The van der Waals surface area contributed by atoms with E-state index < -0.39 is 0 Å². The summed E-state index contributed by atoms with van der Waals surface area (Å²) in [5.41, 5.74) is 1.85. The highest BCUT2D eigenvalue weighted by Crippen LogP contribution is 2.31. The largest absolute Gasteiger partial charge is 0.355 e. The van der Waals surface area contributed by atoms with Crippen molar-refractivity contribution in [1.29, 1.82) is 0 Å². The van der Waals surface area contributed by atoms with Crippen LogP contribution in [0.3, 0.4) is 0 Å². The number of rotatable bonds is 6. The average molecular weight is 455 g/mol. The van der Waals surface area contributed by atoms with Crippen LogP contribution >= 0.6 is 11.6 Å². The number of likely N-dealkylation sites (tertiary alicyclic amines) is 2. The summed E-state index contributed by atoms with van der Waals surface area (Å²) in [6.45, 7) is 4.78. The second-order valence-electron chi connectivity index (χ2n) is 8.72. The van der Waals surface area contributed by atoms with Crippen LogP contribution in [0.4, 0.5) is 10.5 Å². The van der Waals surface area contributed by atoms with Crippen molar-refractivity contribution in [2.24, 2.45) is 5.92 Å². The first-order valence-electron chi connectivity index (χ1n) is 11.4. The minimum atomic E-state index is -0.233. The number of piperidine rings is 1. The minimum absolute atomic E-state index is 0.0362. The van der Waals surface area contributed by atoms with Gasteiger partial charge in [-0.25, -0.2) is 4.79 Å². The summed E-state index contributed by atoms with van der Waals surface area (Å²) in [4.78, 5) is 30.2. The highest BCUT2D eigenvalue weighted by atomic mass is 35.5. The molecular weight excluding hydrogens is 424 g/mol. The van der Waals surface area contributed by atoms with Gasteiger partial charge in [-0.3, -0.25) is 4.79 Å². The molecule has 7 heteroatoms. The topological polar surface area (TPSA) is 64.7 Å². The van der Waals surface area contributed by atoms with Crippen molar-refractivity contribution in [3.05, 3.63) is 65.2 Å². The summed E-state index contributed by atoms with van der Waals surface area (Å²) < 4.78 is 0. The molecule has 2 aliphatic rings. The molecule has 3 amide bonds. The molecule has 2 heterocycles. The highest BCUT2D eigenvalue weighted by molar-refractivity contribution is 6.30. The Morgan fingerprint density at radius 2 is 1.69 bits per heavy atom. The third kappa shape index (κ3) is 6.02. The fourth-order valence-electron chi connectivity index (χ4n) is 4.65. The number of nitrogens with one attached hydrogen (secondary N) is 2. The van der Waals surface area contributed by atoms with Crippen LogP contribution in [0.1, 0.15) is 30.7 Å². The molecule has 4 rings (SSSR count). The molecule has 2 fully saturated rings. The molecule has 0 bridgehead atoms. The Labute approximate surface area is 194 Å². The first-order chi connectivity index (χ1) is 15.6. The molecule has 0 saturated carbocycles. The Morgan fingerprint density at radius 3 is 2.41 bits per heavy atom. The molecule has 0 unspecified atom stereocenters. The van der Waals surface area contributed by atoms with E-state index in [-0.39, 0.29) is 23.8 Å². The van der Waals surface area contributed by atoms with E-state index in [9.17, 15) is 9.59 Å². The predicted molar refractivity (Wildman–Crippen MR) is 128 cm³/mol. The van der Waals surface area contributed by atoms with Crippen molar-refractivity contribution in [2.45, 2.75) is 25.2 Å². The highest BCUT2D eigenvalue weighted by Gasteiger charge is 2.34. The summed E-state index contributed by atoms with van der Waals surface area (Å²) in [5.74, 6) is -0.0760. The van der Waals surface area contributed by atoms with Gasteiger partial charge in [0.2, 0.25) is 5.91 Å². The monoisotopic (exact) mass is 454 g/mol. The molecule has 32 heavy (non-hydrogen) atoms. The quantitative estimate of drug-likeness (QED) is 0.687. The molecule has 2 atom stereocenters. The van der Waals surface area contributed by atoms with Gasteiger partial charge in [0, 0.05) is 42.8 Å². The second kappa shape index (κ2) is 10.8. The number of carbonyl (C=O) groups excluding carboxylic acids is 2. The molecule has 2 aromatic rings. The van der Waals surface area contributed by atoms with Crippen molar-refractivity contribution in [3.63, 3.8) is 0 Å². The lowest BCUT2D eigenvalue weighted by molar-refractivity contribution is -0.126. The SMILES string of the molecule is O=C(NCCN1CCCC1)[C@@H]1C[C@H](c2ccccc2)CN(C(=O)Nc2ccc(Cl)cc2)C1. The summed E-state index contributed by atoms with van der Waals surface area (Å²) in [6.07, 6.45) is 3.23. The van der Waals surface area contributed by atoms with Crippen LogP contribution in [-0.2, 0) is 4.79 Å². The normalized spacial score (nSPS) is 21.3. The number of anilines is 1. The Balaban J connectivity index is 1.41. The zero-order chi connectivity index (χ0) is 22.3. The maximum atomic E-state index is 13.0. The van der Waals surface area contributed by atoms with Crippen molar-refractivity contribution in [3.8, 4) is 0 Å². The molecule has 0 aromatic heterocycles. The van der Waals surface area contributed by atoms with E-state index in [4.69, 9.17) is 11.6 Å². The van der Waals surface area contributed by atoms with Gasteiger partial charge in [-0.15, -0.1) is 0 Å². The minimum Gasteiger partial charge on any atom is -0.355 e. The van der Waals surface area contributed by atoms with E-state index in [0.717, 1.165) is 31.6 Å². The molecular formula is C25H31ClN4O2. The summed E-state index contributed by atoms with van der Waals surface area (Å²) in [7, 11) is 0. The van der Waals surface area contributed by atoms with E-state index in [1.165, 1.54) is 12.8 Å². The van der Waals surface area contributed by atoms with Gasteiger partial charge in [0.15, 0.2) is 0 Å². The van der Waals surface area contributed by atoms with E-state index in [1.54, 1.807) is 29.2 Å². The van der Waals surface area contributed by atoms with Gasteiger partial charge < -0.3 is 20.4 Å². The maximum absolute atomic E-state index is 13.0. The molecule has 0 radical (unpaired) electrons. The van der Waals surface area contributed by atoms with Gasteiger partial charge in [0.25, 0.3) is 0 Å². The molecule has 2 aliphatic heterocycles. The number of carbonyl (C=O) groups is 2. The van der Waals surface area contributed by atoms with E-state index in [2.05, 4.69) is 27.7 Å². The lowest BCUT2D eigenvalue weighted by Crippen LogP contribution is -2.50. The first kappa shape index (κ1) is 22.6. The number of hydrogen-bond donors (Lipinski definition) is 2.